The van der Waals surface area contributed by atoms with Crippen LogP contribution in [0.4, 0.5) is 0 Å². The van der Waals surface area contributed by atoms with Crippen LogP contribution < -0.4 is 29.6 Å². The van der Waals surface area contributed by atoms with Gasteiger partial charge in [-0.05, 0) is 26.2 Å². The minimum Gasteiger partial charge on any atom is -0.748 e. The van der Waals surface area contributed by atoms with Crippen LogP contribution in [0.2, 0.25) is 0 Å². The van der Waals surface area contributed by atoms with Crippen molar-refractivity contribution >= 4 is 10.1 Å². The predicted molar refractivity (Wildman–Crippen MR) is 72.4 cm³/mol. The molecule has 0 saturated carbocycles. The zero-order valence-electron chi connectivity index (χ0n) is 12.6. The molecule has 110 valence electrons. The molecule has 0 fully saturated rings. The Hall–Kier alpha value is 0.870. The zero-order chi connectivity index (χ0) is 14.0. The van der Waals surface area contributed by atoms with Crippen molar-refractivity contribution in [1.82, 2.24) is 0 Å². The van der Waals surface area contributed by atoms with Crippen LogP contribution in [0, 0.1) is 0 Å². The number of unbranched alkanes of at least 4 members (excludes halogenated alkanes) is 5. The van der Waals surface area contributed by atoms with E-state index in [0.29, 0.717) is 6.42 Å². The molecule has 0 aromatic rings. The van der Waals surface area contributed by atoms with Crippen LogP contribution in [-0.2, 0) is 10.1 Å². The third-order valence-electron chi connectivity index (χ3n) is 3.36. The van der Waals surface area contributed by atoms with Crippen LogP contribution in [0.3, 0.4) is 0 Å². The second-order valence-corrected chi connectivity index (χ2v) is 6.85. The smallest absolute Gasteiger partial charge is 0.748 e. The van der Waals surface area contributed by atoms with Gasteiger partial charge in [-0.3, -0.25) is 0 Å². The summed E-state index contributed by atoms with van der Waals surface area (Å²) in [5.41, 5.74) is 0. The maximum absolute atomic E-state index is 10.6. The SMILES string of the molecule is CCC(O)CCCCCCCCC(C)S(=O)(=O)[O-].[Na+]. The molecule has 0 aliphatic carbocycles. The first kappa shape index (κ1) is 22.2. The first-order chi connectivity index (χ1) is 8.38. The second kappa shape index (κ2) is 12.6. The van der Waals surface area contributed by atoms with E-state index in [2.05, 4.69) is 0 Å². The molecule has 2 unspecified atom stereocenters. The quantitative estimate of drug-likeness (QED) is 0.326. The van der Waals surface area contributed by atoms with E-state index in [-0.39, 0.29) is 35.7 Å². The molecular weight excluding hydrogens is 275 g/mol. The molecule has 0 radical (unpaired) electrons. The minimum atomic E-state index is -4.09. The Bertz CT molecular complexity index is 293. The van der Waals surface area contributed by atoms with Crippen molar-refractivity contribution in [2.24, 2.45) is 0 Å². The average molecular weight is 302 g/mol. The molecule has 0 spiro atoms. The van der Waals surface area contributed by atoms with Gasteiger partial charge in [0.15, 0.2) is 0 Å². The molecule has 0 saturated heterocycles. The van der Waals surface area contributed by atoms with E-state index < -0.39 is 15.4 Å². The van der Waals surface area contributed by atoms with Crippen LogP contribution >= 0.6 is 0 Å². The Balaban J connectivity index is 0. The third-order valence-corrected chi connectivity index (χ3v) is 4.58. The molecule has 0 aromatic heterocycles. The van der Waals surface area contributed by atoms with Gasteiger partial charge in [0.1, 0.15) is 0 Å². The molecule has 0 aliphatic heterocycles. The van der Waals surface area contributed by atoms with Gasteiger partial charge < -0.3 is 9.66 Å². The summed E-state index contributed by atoms with van der Waals surface area (Å²) in [7, 11) is -4.09. The molecule has 0 bridgehead atoms. The van der Waals surface area contributed by atoms with Crippen LogP contribution in [0.1, 0.15) is 71.6 Å². The van der Waals surface area contributed by atoms with Crippen molar-refractivity contribution in [2.75, 3.05) is 0 Å². The van der Waals surface area contributed by atoms with E-state index in [9.17, 15) is 18.1 Å². The van der Waals surface area contributed by atoms with Gasteiger partial charge in [-0.15, -0.1) is 0 Å². The molecule has 4 nitrogen and oxygen atoms in total. The summed E-state index contributed by atoms with van der Waals surface area (Å²) in [6.45, 7) is 3.46. The largest absolute Gasteiger partial charge is 1.00 e. The fraction of sp³-hybridized carbons (Fsp3) is 1.00. The number of hydrogen-bond donors (Lipinski definition) is 1. The van der Waals surface area contributed by atoms with Gasteiger partial charge in [-0.2, -0.15) is 0 Å². The number of hydrogen-bond acceptors (Lipinski definition) is 4. The Kier molecular flexibility index (Phi) is 14.7. The van der Waals surface area contributed by atoms with Gasteiger partial charge in [0, 0.05) is 5.25 Å². The summed E-state index contributed by atoms with van der Waals surface area (Å²) >= 11 is 0. The molecule has 6 heteroatoms. The summed E-state index contributed by atoms with van der Waals surface area (Å²) < 4.78 is 31.9. The van der Waals surface area contributed by atoms with Gasteiger partial charge in [0.2, 0.25) is 0 Å². The molecule has 0 rings (SSSR count). The number of aliphatic hydroxyl groups is 1. The Labute approximate surface area is 140 Å². The van der Waals surface area contributed by atoms with Crippen LogP contribution in [0.25, 0.3) is 0 Å². The second-order valence-electron chi connectivity index (χ2n) is 5.06. The standard InChI is InChI=1S/C13H28O4S.Na/c1-3-13(14)11-9-7-5-4-6-8-10-12(2)18(15,16)17;/h12-14H,3-11H2,1-2H3,(H,15,16,17);/q;+1/p-1. The van der Waals surface area contributed by atoms with E-state index in [0.717, 1.165) is 51.4 Å². The number of rotatable bonds is 11. The van der Waals surface area contributed by atoms with E-state index in [1.807, 2.05) is 6.92 Å². The van der Waals surface area contributed by atoms with Gasteiger partial charge in [0.25, 0.3) is 0 Å². The average Bonchev–Trinajstić information content (AvgIpc) is 2.30. The first-order valence-corrected chi connectivity index (χ1v) is 8.47. The Morgan fingerprint density at radius 1 is 1.00 bits per heavy atom. The van der Waals surface area contributed by atoms with E-state index in [1.165, 1.54) is 6.92 Å². The van der Waals surface area contributed by atoms with Crippen LogP contribution in [0.5, 0.6) is 0 Å². The van der Waals surface area contributed by atoms with Crippen molar-refractivity contribution < 1.29 is 47.6 Å². The topological polar surface area (TPSA) is 77.4 Å². The van der Waals surface area contributed by atoms with Crippen molar-refractivity contribution in [3.05, 3.63) is 0 Å². The van der Waals surface area contributed by atoms with Crippen molar-refractivity contribution in [1.29, 1.82) is 0 Å². The molecular formula is C13H27NaO4S. The number of aliphatic hydroxyl groups excluding tert-OH is 1. The van der Waals surface area contributed by atoms with Gasteiger partial charge in [-0.1, -0.05) is 45.4 Å². The minimum absolute atomic E-state index is 0. The zero-order valence-corrected chi connectivity index (χ0v) is 15.4. The molecule has 0 amide bonds. The van der Waals surface area contributed by atoms with Gasteiger partial charge >= 0.3 is 29.6 Å². The van der Waals surface area contributed by atoms with E-state index in [1.54, 1.807) is 0 Å². The van der Waals surface area contributed by atoms with Gasteiger partial charge in [-0.25, -0.2) is 8.42 Å². The molecule has 0 aliphatic rings. The summed E-state index contributed by atoms with van der Waals surface area (Å²) in [6, 6.07) is 0. The van der Waals surface area contributed by atoms with E-state index >= 15 is 0 Å². The molecule has 0 heterocycles. The van der Waals surface area contributed by atoms with Crippen molar-refractivity contribution in [2.45, 2.75) is 83.0 Å². The fourth-order valence-electron chi connectivity index (χ4n) is 1.87. The molecule has 1 N–H and O–H groups in total. The summed E-state index contributed by atoms with van der Waals surface area (Å²) in [5, 5.41) is 8.60. The van der Waals surface area contributed by atoms with Crippen LogP contribution in [-0.4, -0.2) is 29.4 Å². The Morgan fingerprint density at radius 3 is 1.84 bits per heavy atom. The van der Waals surface area contributed by atoms with E-state index in [4.69, 9.17) is 0 Å². The third kappa shape index (κ3) is 13.6. The monoisotopic (exact) mass is 302 g/mol. The Morgan fingerprint density at radius 2 is 1.42 bits per heavy atom. The summed E-state index contributed by atoms with van der Waals surface area (Å²) in [4.78, 5) is 0. The van der Waals surface area contributed by atoms with Gasteiger partial charge in [0.05, 0.1) is 16.2 Å². The molecule has 19 heavy (non-hydrogen) atoms. The molecule has 2 atom stereocenters. The van der Waals surface area contributed by atoms with Crippen molar-refractivity contribution in [3.63, 3.8) is 0 Å². The fourth-order valence-corrected chi connectivity index (χ4v) is 2.32. The predicted octanol–water partition coefficient (Wildman–Crippen LogP) is -0.184. The maximum Gasteiger partial charge on any atom is 1.00 e. The summed E-state index contributed by atoms with van der Waals surface area (Å²) in [5.74, 6) is 0. The normalized spacial score (nSPS) is 14.7. The summed E-state index contributed by atoms with van der Waals surface area (Å²) in [6.07, 6.45) is 8.17. The van der Waals surface area contributed by atoms with Crippen molar-refractivity contribution in [3.8, 4) is 0 Å². The van der Waals surface area contributed by atoms with Crippen LogP contribution in [0.15, 0.2) is 0 Å². The first-order valence-electron chi connectivity index (χ1n) is 7.00. The maximum atomic E-state index is 10.6. The molecule has 0 aromatic carbocycles.